The fourth-order valence-corrected chi connectivity index (χ4v) is 3.11. The summed E-state index contributed by atoms with van der Waals surface area (Å²) in [5, 5.41) is 4.60. The number of nitrogens with zero attached hydrogens (tertiary/aromatic N) is 6. The second-order valence-electron chi connectivity index (χ2n) is 6.62. The number of aryl methyl sites for hydroxylation is 3. The van der Waals surface area contributed by atoms with Gasteiger partial charge in [0.05, 0.1) is 5.69 Å². The molecule has 0 unspecified atom stereocenters. The van der Waals surface area contributed by atoms with Crippen molar-refractivity contribution in [2.45, 2.75) is 26.7 Å². The normalized spacial score (nSPS) is 11.7. The van der Waals surface area contributed by atoms with E-state index in [4.69, 9.17) is 4.98 Å². The maximum atomic E-state index is 4.71. The molecule has 3 heterocycles. The first kappa shape index (κ1) is 17.1. The van der Waals surface area contributed by atoms with Gasteiger partial charge in [-0.15, -0.1) is 5.10 Å². The molecule has 4 aromatic rings. The molecule has 0 aliphatic heterocycles. The van der Waals surface area contributed by atoms with Gasteiger partial charge >= 0.3 is 0 Å². The third kappa shape index (κ3) is 3.51. The van der Waals surface area contributed by atoms with Crippen LogP contribution in [-0.2, 0) is 13.5 Å². The van der Waals surface area contributed by atoms with Crippen LogP contribution in [0.2, 0.25) is 0 Å². The van der Waals surface area contributed by atoms with E-state index in [9.17, 15) is 0 Å². The van der Waals surface area contributed by atoms with Crippen LogP contribution in [0.25, 0.3) is 29.2 Å². The Morgan fingerprint density at radius 1 is 1.04 bits per heavy atom. The topological polar surface area (TPSA) is 60.9 Å². The van der Waals surface area contributed by atoms with Gasteiger partial charge in [0.15, 0.2) is 5.82 Å². The molecule has 0 aliphatic carbocycles. The molecule has 0 radical (unpaired) electrons. The first-order valence-corrected chi connectivity index (χ1v) is 9.14. The number of fused-ring (bicyclic) bond motifs is 1. The Kier molecular flexibility index (Phi) is 4.54. The summed E-state index contributed by atoms with van der Waals surface area (Å²) in [5.41, 5.74) is 4.15. The summed E-state index contributed by atoms with van der Waals surface area (Å²) in [6, 6.07) is 12.2. The zero-order chi connectivity index (χ0) is 18.8. The zero-order valence-corrected chi connectivity index (χ0v) is 15.8. The average Bonchev–Trinajstić information content (AvgIpc) is 3.24. The molecule has 0 amide bonds. The molecule has 0 bridgehead atoms. The van der Waals surface area contributed by atoms with Crippen molar-refractivity contribution in [1.82, 2.24) is 29.1 Å². The van der Waals surface area contributed by atoms with E-state index in [-0.39, 0.29) is 0 Å². The Morgan fingerprint density at radius 3 is 2.63 bits per heavy atom. The van der Waals surface area contributed by atoms with Crippen LogP contribution >= 0.6 is 0 Å². The quantitative estimate of drug-likeness (QED) is 0.542. The van der Waals surface area contributed by atoms with Crippen LogP contribution in [0.3, 0.4) is 0 Å². The molecule has 136 valence electrons. The summed E-state index contributed by atoms with van der Waals surface area (Å²) < 4.78 is 3.84. The van der Waals surface area contributed by atoms with Crippen molar-refractivity contribution in [3.05, 3.63) is 65.6 Å². The zero-order valence-electron chi connectivity index (χ0n) is 15.8. The molecule has 1 aromatic carbocycles. The van der Waals surface area contributed by atoms with Gasteiger partial charge in [-0.1, -0.05) is 43.7 Å². The lowest BCUT2D eigenvalue weighted by Gasteiger charge is -2.02. The third-order valence-corrected chi connectivity index (χ3v) is 4.40. The van der Waals surface area contributed by atoms with Crippen LogP contribution in [0.15, 0.2) is 42.6 Å². The van der Waals surface area contributed by atoms with Crippen molar-refractivity contribution in [3.8, 4) is 11.3 Å². The van der Waals surface area contributed by atoms with Gasteiger partial charge in [-0.25, -0.2) is 14.5 Å². The van der Waals surface area contributed by atoms with Crippen LogP contribution in [0.1, 0.15) is 36.4 Å². The number of benzene rings is 1. The highest BCUT2D eigenvalue weighted by molar-refractivity contribution is 5.67. The standard InChI is InChI=1S/C21H22N6/c1-4-8-17-13-15(2)22-21-24-19(25-27(17)21)11-12-20-23-18(14-26(20)3)16-9-6-5-7-10-16/h5-7,9-14H,4,8H2,1-3H3/b12-11+. The molecule has 4 rings (SSSR count). The van der Waals surface area contributed by atoms with Gasteiger partial charge in [0.25, 0.3) is 5.78 Å². The fourth-order valence-electron chi connectivity index (χ4n) is 3.11. The molecule has 0 saturated heterocycles. The highest BCUT2D eigenvalue weighted by Gasteiger charge is 2.09. The molecule has 3 aromatic heterocycles. The summed E-state index contributed by atoms with van der Waals surface area (Å²) in [6.07, 6.45) is 7.85. The lowest BCUT2D eigenvalue weighted by atomic mass is 10.2. The van der Waals surface area contributed by atoms with Crippen LogP contribution in [0.5, 0.6) is 0 Å². The average molecular weight is 358 g/mol. The van der Waals surface area contributed by atoms with E-state index in [1.807, 2.05) is 59.6 Å². The van der Waals surface area contributed by atoms with Gasteiger partial charge in [-0.05, 0) is 31.6 Å². The number of rotatable bonds is 5. The van der Waals surface area contributed by atoms with Gasteiger partial charge in [-0.3, -0.25) is 0 Å². The van der Waals surface area contributed by atoms with Crippen molar-refractivity contribution in [2.75, 3.05) is 0 Å². The van der Waals surface area contributed by atoms with E-state index >= 15 is 0 Å². The predicted octanol–water partition coefficient (Wildman–Crippen LogP) is 3.96. The predicted molar refractivity (Wildman–Crippen MR) is 107 cm³/mol. The van der Waals surface area contributed by atoms with E-state index in [0.29, 0.717) is 11.6 Å². The van der Waals surface area contributed by atoms with Crippen molar-refractivity contribution in [1.29, 1.82) is 0 Å². The highest BCUT2D eigenvalue weighted by Crippen LogP contribution is 2.18. The van der Waals surface area contributed by atoms with Crippen LogP contribution in [-0.4, -0.2) is 29.1 Å². The van der Waals surface area contributed by atoms with E-state index in [1.54, 1.807) is 0 Å². The minimum atomic E-state index is 0.634. The second-order valence-corrected chi connectivity index (χ2v) is 6.62. The molecule has 6 nitrogen and oxygen atoms in total. The summed E-state index contributed by atoms with van der Waals surface area (Å²) >= 11 is 0. The summed E-state index contributed by atoms with van der Waals surface area (Å²) in [6.45, 7) is 4.15. The largest absolute Gasteiger partial charge is 0.334 e. The van der Waals surface area contributed by atoms with Crippen molar-refractivity contribution in [2.24, 2.45) is 7.05 Å². The first-order chi connectivity index (χ1) is 13.1. The molecule has 0 N–H and O–H groups in total. The van der Waals surface area contributed by atoms with E-state index in [1.165, 1.54) is 0 Å². The summed E-state index contributed by atoms with van der Waals surface area (Å²) in [4.78, 5) is 13.7. The molecule has 0 aliphatic rings. The van der Waals surface area contributed by atoms with Crippen LogP contribution < -0.4 is 0 Å². The SMILES string of the molecule is CCCc1cc(C)nc2nc(/C=C/c3nc(-c4ccccc4)cn3C)nn12. The lowest BCUT2D eigenvalue weighted by Crippen LogP contribution is -2.01. The number of imidazole rings is 1. The highest BCUT2D eigenvalue weighted by atomic mass is 15.3. The Balaban J connectivity index is 1.65. The minimum absolute atomic E-state index is 0.634. The van der Waals surface area contributed by atoms with Crippen LogP contribution in [0, 0.1) is 6.92 Å². The smallest absolute Gasteiger partial charge is 0.253 e. The Morgan fingerprint density at radius 2 is 1.85 bits per heavy atom. The Bertz CT molecular complexity index is 1100. The Hall–Kier alpha value is -3.28. The first-order valence-electron chi connectivity index (χ1n) is 9.14. The Labute approximate surface area is 158 Å². The third-order valence-electron chi connectivity index (χ3n) is 4.40. The van der Waals surface area contributed by atoms with Gasteiger partial charge < -0.3 is 4.57 Å². The monoisotopic (exact) mass is 358 g/mol. The summed E-state index contributed by atoms with van der Waals surface area (Å²) in [5.74, 6) is 2.13. The molecule has 27 heavy (non-hydrogen) atoms. The molecule has 6 heteroatoms. The van der Waals surface area contributed by atoms with E-state index < -0.39 is 0 Å². The maximum absolute atomic E-state index is 4.71. The number of hydrogen-bond donors (Lipinski definition) is 0. The van der Waals surface area contributed by atoms with Crippen LogP contribution in [0.4, 0.5) is 0 Å². The van der Waals surface area contributed by atoms with Gasteiger partial charge in [0.1, 0.15) is 5.82 Å². The molecule has 0 saturated carbocycles. The molecule has 0 fully saturated rings. The van der Waals surface area contributed by atoms with Gasteiger partial charge in [0.2, 0.25) is 0 Å². The summed E-state index contributed by atoms with van der Waals surface area (Å²) in [7, 11) is 1.99. The van der Waals surface area contributed by atoms with Crippen molar-refractivity contribution >= 4 is 17.9 Å². The maximum Gasteiger partial charge on any atom is 0.253 e. The molecule has 0 spiro atoms. The van der Waals surface area contributed by atoms with Gasteiger partial charge in [-0.2, -0.15) is 4.98 Å². The fraction of sp³-hybridized carbons (Fsp3) is 0.238. The lowest BCUT2D eigenvalue weighted by molar-refractivity contribution is 0.789. The minimum Gasteiger partial charge on any atom is -0.334 e. The van der Waals surface area contributed by atoms with Crippen molar-refractivity contribution < 1.29 is 0 Å². The van der Waals surface area contributed by atoms with E-state index in [0.717, 1.165) is 41.3 Å². The van der Waals surface area contributed by atoms with Crippen molar-refractivity contribution in [3.63, 3.8) is 0 Å². The number of aromatic nitrogens is 6. The second kappa shape index (κ2) is 7.15. The number of hydrogen-bond acceptors (Lipinski definition) is 4. The van der Waals surface area contributed by atoms with E-state index in [2.05, 4.69) is 40.2 Å². The molecular weight excluding hydrogens is 336 g/mol. The van der Waals surface area contributed by atoms with Gasteiger partial charge in [0, 0.05) is 30.2 Å². The molecular formula is C21H22N6. The molecule has 0 atom stereocenters.